The molecule has 0 saturated heterocycles. The first kappa shape index (κ1) is 21.8. The Morgan fingerprint density at radius 1 is 1.16 bits per heavy atom. The molecule has 1 aromatic heterocycles. The molecular formula is C22H23N3O6S. The van der Waals surface area contributed by atoms with Crippen molar-refractivity contribution in [1.82, 2.24) is 10.1 Å². The van der Waals surface area contributed by atoms with E-state index in [1.54, 1.807) is 35.2 Å². The smallest absolute Gasteiger partial charge is 0.265 e. The second-order valence-corrected chi connectivity index (χ2v) is 9.38. The Balaban J connectivity index is 1.50. The largest absolute Gasteiger partial charge is 0.497 e. The number of amides is 1. The minimum Gasteiger partial charge on any atom is -0.497 e. The number of ether oxygens (including phenoxy) is 2. The van der Waals surface area contributed by atoms with Gasteiger partial charge in [0.25, 0.3) is 5.91 Å². The van der Waals surface area contributed by atoms with Crippen molar-refractivity contribution in [2.75, 3.05) is 30.9 Å². The normalized spacial score (nSPS) is 13.6. The molecule has 0 spiro atoms. The van der Waals surface area contributed by atoms with Crippen LogP contribution in [0.4, 0.5) is 5.69 Å². The lowest BCUT2D eigenvalue weighted by molar-refractivity contribution is -0.121. The maximum Gasteiger partial charge on any atom is 0.265 e. The fourth-order valence-electron chi connectivity index (χ4n) is 3.41. The summed E-state index contributed by atoms with van der Waals surface area (Å²) < 4.78 is 41.0. The zero-order chi connectivity index (χ0) is 22.7. The molecule has 0 unspecified atom stereocenters. The quantitative estimate of drug-likeness (QED) is 0.508. The first-order valence-corrected chi connectivity index (χ1v) is 11.8. The summed E-state index contributed by atoms with van der Waals surface area (Å²) in [5, 5.41) is 3.98. The summed E-state index contributed by atoms with van der Waals surface area (Å²) in [7, 11) is -2.00. The third-order valence-electron chi connectivity index (χ3n) is 5.08. The number of aryl methyl sites for hydroxylation is 1. The number of hydrogen-bond acceptors (Lipinski definition) is 8. The highest BCUT2D eigenvalue weighted by atomic mass is 32.2. The molecule has 4 rings (SSSR count). The van der Waals surface area contributed by atoms with Gasteiger partial charge in [-0.15, -0.1) is 0 Å². The van der Waals surface area contributed by atoms with E-state index in [1.807, 2.05) is 6.92 Å². The lowest BCUT2D eigenvalue weighted by Gasteiger charge is -2.29. The first-order valence-electron chi connectivity index (χ1n) is 10.2. The van der Waals surface area contributed by atoms with Gasteiger partial charge in [-0.1, -0.05) is 12.1 Å². The summed E-state index contributed by atoms with van der Waals surface area (Å²) >= 11 is 0. The van der Waals surface area contributed by atoms with Crippen molar-refractivity contribution in [3.05, 3.63) is 48.4 Å². The summed E-state index contributed by atoms with van der Waals surface area (Å²) in [6.07, 6.45) is 0.889. The first-order chi connectivity index (χ1) is 15.4. The van der Waals surface area contributed by atoms with Crippen LogP contribution in [0.2, 0.25) is 0 Å². The standard InChI is InChI=1S/C22H23N3O6S/c1-3-11-25-18-13-15(4-9-19(18)30-14-21(25)26)22-23-20(31-24-22)10-12-32(27,28)17-7-5-16(29-2)6-8-17/h4-9,13H,3,10-12,14H2,1-2H3. The third kappa shape index (κ3) is 4.45. The van der Waals surface area contributed by atoms with E-state index in [-0.39, 0.29) is 35.5 Å². The molecule has 2 heterocycles. The molecule has 2 aromatic carbocycles. The number of methoxy groups -OCH3 is 1. The van der Waals surface area contributed by atoms with Crippen LogP contribution >= 0.6 is 0 Å². The van der Waals surface area contributed by atoms with Gasteiger partial charge >= 0.3 is 0 Å². The van der Waals surface area contributed by atoms with Crippen molar-refractivity contribution in [2.24, 2.45) is 0 Å². The van der Waals surface area contributed by atoms with Crippen molar-refractivity contribution >= 4 is 21.4 Å². The molecular weight excluding hydrogens is 434 g/mol. The number of hydrogen-bond donors (Lipinski definition) is 0. The number of rotatable bonds is 8. The maximum atomic E-state index is 12.6. The van der Waals surface area contributed by atoms with E-state index in [0.717, 1.165) is 6.42 Å². The van der Waals surface area contributed by atoms with Gasteiger partial charge in [-0.05, 0) is 48.9 Å². The Hall–Kier alpha value is -3.40. The molecule has 1 aliphatic heterocycles. The monoisotopic (exact) mass is 457 g/mol. The summed E-state index contributed by atoms with van der Waals surface area (Å²) in [4.78, 5) is 18.4. The molecule has 0 N–H and O–H groups in total. The van der Waals surface area contributed by atoms with Gasteiger partial charge in [-0.3, -0.25) is 4.79 Å². The lowest BCUT2D eigenvalue weighted by Crippen LogP contribution is -2.39. The van der Waals surface area contributed by atoms with Crippen molar-refractivity contribution in [1.29, 1.82) is 0 Å². The molecule has 0 radical (unpaired) electrons. The van der Waals surface area contributed by atoms with E-state index in [0.29, 0.717) is 35.1 Å². The number of sulfone groups is 1. The van der Waals surface area contributed by atoms with E-state index in [4.69, 9.17) is 14.0 Å². The van der Waals surface area contributed by atoms with Gasteiger partial charge < -0.3 is 18.9 Å². The highest BCUT2D eigenvalue weighted by Gasteiger charge is 2.26. The third-order valence-corrected chi connectivity index (χ3v) is 6.81. The number of nitrogens with zero attached hydrogens (tertiary/aromatic N) is 3. The van der Waals surface area contributed by atoms with E-state index in [1.165, 1.54) is 19.2 Å². The molecule has 0 atom stereocenters. The minimum absolute atomic E-state index is 0.0153. The van der Waals surface area contributed by atoms with Crippen molar-refractivity contribution in [2.45, 2.75) is 24.7 Å². The van der Waals surface area contributed by atoms with E-state index in [2.05, 4.69) is 10.1 Å². The SMILES string of the molecule is CCCN1C(=O)COc2ccc(-c3noc(CCS(=O)(=O)c4ccc(OC)cc4)n3)cc21. The molecule has 0 saturated carbocycles. The van der Waals surface area contributed by atoms with Gasteiger partial charge in [0, 0.05) is 18.5 Å². The Labute approximate surface area is 185 Å². The summed E-state index contributed by atoms with van der Waals surface area (Å²) in [6, 6.07) is 11.5. The van der Waals surface area contributed by atoms with Crippen LogP contribution in [0.3, 0.4) is 0 Å². The predicted molar refractivity (Wildman–Crippen MR) is 117 cm³/mol. The molecule has 1 aliphatic rings. The average Bonchev–Trinajstić information content (AvgIpc) is 3.29. The van der Waals surface area contributed by atoms with Gasteiger partial charge in [0.15, 0.2) is 16.4 Å². The number of carbonyl (C=O) groups excluding carboxylic acids is 1. The Morgan fingerprint density at radius 2 is 1.94 bits per heavy atom. The molecule has 0 aliphatic carbocycles. The number of aromatic nitrogens is 2. The zero-order valence-electron chi connectivity index (χ0n) is 17.8. The Morgan fingerprint density at radius 3 is 2.66 bits per heavy atom. The highest BCUT2D eigenvalue weighted by molar-refractivity contribution is 7.91. The van der Waals surface area contributed by atoms with Gasteiger partial charge in [0.05, 0.1) is 23.4 Å². The molecule has 10 heteroatoms. The topological polar surface area (TPSA) is 112 Å². The van der Waals surface area contributed by atoms with Crippen LogP contribution in [0.5, 0.6) is 11.5 Å². The highest BCUT2D eigenvalue weighted by Crippen LogP contribution is 2.35. The van der Waals surface area contributed by atoms with Gasteiger partial charge in [-0.25, -0.2) is 8.42 Å². The second-order valence-electron chi connectivity index (χ2n) is 7.27. The van der Waals surface area contributed by atoms with Crippen LogP contribution in [0.25, 0.3) is 11.4 Å². The number of anilines is 1. The number of benzene rings is 2. The van der Waals surface area contributed by atoms with Crippen molar-refractivity contribution in [3.8, 4) is 22.9 Å². The predicted octanol–water partition coefficient (Wildman–Crippen LogP) is 2.90. The van der Waals surface area contributed by atoms with Crippen LogP contribution in [0.1, 0.15) is 19.2 Å². The Kier molecular flexibility index (Phi) is 6.13. The fourth-order valence-corrected chi connectivity index (χ4v) is 4.64. The molecule has 168 valence electrons. The minimum atomic E-state index is -3.51. The molecule has 1 amide bonds. The number of fused-ring (bicyclic) bond motifs is 1. The van der Waals surface area contributed by atoms with E-state index < -0.39 is 9.84 Å². The maximum absolute atomic E-state index is 12.6. The van der Waals surface area contributed by atoms with Crippen LogP contribution in [0.15, 0.2) is 51.9 Å². The fraction of sp³-hybridized carbons (Fsp3) is 0.318. The Bertz CT molecular complexity index is 1220. The number of carbonyl (C=O) groups is 1. The molecule has 32 heavy (non-hydrogen) atoms. The van der Waals surface area contributed by atoms with Gasteiger partial charge in [-0.2, -0.15) is 4.98 Å². The average molecular weight is 458 g/mol. The van der Waals surface area contributed by atoms with Crippen LogP contribution < -0.4 is 14.4 Å². The van der Waals surface area contributed by atoms with Gasteiger partial charge in [0.1, 0.15) is 11.5 Å². The summed E-state index contributed by atoms with van der Waals surface area (Å²) in [5.41, 5.74) is 1.31. The van der Waals surface area contributed by atoms with E-state index >= 15 is 0 Å². The molecule has 9 nitrogen and oxygen atoms in total. The zero-order valence-corrected chi connectivity index (χ0v) is 18.6. The van der Waals surface area contributed by atoms with Crippen LogP contribution in [-0.2, 0) is 21.1 Å². The summed E-state index contributed by atoms with van der Waals surface area (Å²) in [6.45, 7) is 2.60. The summed E-state index contributed by atoms with van der Waals surface area (Å²) in [5.74, 6) is 1.47. The molecule has 3 aromatic rings. The van der Waals surface area contributed by atoms with Gasteiger partial charge in [0.2, 0.25) is 11.7 Å². The van der Waals surface area contributed by atoms with Crippen molar-refractivity contribution < 1.29 is 27.2 Å². The van der Waals surface area contributed by atoms with Crippen molar-refractivity contribution in [3.63, 3.8) is 0 Å². The van der Waals surface area contributed by atoms with E-state index in [9.17, 15) is 13.2 Å². The molecule has 0 fully saturated rings. The lowest BCUT2D eigenvalue weighted by atomic mass is 10.1. The molecule has 0 bridgehead atoms. The van der Waals surface area contributed by atoms with Crippen LogP contribution in [0, 0.1) is 0 Å². The second kappa shape index (κ2) is 8.99. The van der Waals surface area contributed by atoms with Crippen LogP contribution in [-0.4, -0.2) is 50.5 Å².